The smallest absolute Gasteiger partial charge is 0.399 e. The van der Waals surface area contributed by atoms with Gasteiger partial charge < -0.3 is 11.1 Å². The van der Waals surface area contributed by atoms with Gasteiger partial charge in [-0.1, -0.05) is 36.4 Å². The molecule has 3 N–H and O–H groups in total. The van der Waals surface area contributed by atoms with Crippen molar-refractivity contribution in [2.24, 2.45) is 0 Å². The maximum atomic E-state index is 13.2. The maximum Gasteiger partial charge on any atom is 0.416 e. The Morgan fingerprint density at radius 1 is 1.00 bits per heavy atom. The molecule has 8 heteroatoms. The summed E-state index contributed by atoms with van der Waals surface area (Å²) in [6.45, 7) is 3.51. The summed E-state index contributed by atoms with van der Waals surface area (Å²) in [7, 11) is 0. The van der Waals surface area contributed by atoms with Gasteiger partial charge >= 0.3 is 6.18 Å². The third kappa shape index (κ3) is 5.28. The van der Waals surface area contributed by atoms with Gasteiger partial charge in [-0.2, -0.15) is 13.2 Å². The molecule has 0 radical (unpaired) electrons. The summed E-state index contributed by atoms with van der Waals surface area (Å²) in [4.78, 5) is 13.4. The topological polar surface area (TPSA) is 76.7 Å². The SMILES string of the molecule is Cc1nc(NC(C)c2cc(N)cc(C(F)(F)F)c2)c2cc(/C=C/c3ccccc3)ncc2n1. The highest BCUT2D eigenvalue weighted by molar-refractivity contribution is 5.90. The molecule has 0 fully saturated rings. The molecule has 0 saturated carbocycles. The van der Waals surface area contributed by atoms with E-state index in [0.29, 0.717) is 28.4 Å². The van der Waals surface area contributed by atoms with Crippen LogP contribution >= 0.6 is 0 Å². The van der Waals surface area contributed by atoms with Crippen LogP contribution in [0, 0.1) is 6.92 Å². The predicted octanol–water partition coefficient (Wildman–Crippen LogP) is 6.28. The van der Waals surface area contributed by atoms with Crippen LogP contribution in [0.15, 0.2) is 60.8 Å². The Bertz CT molecular complexity index is 1320. The van der Waals surface area contributed by atoms with Crippen LogP contribution in [0.5, 0.6) is 0 Å². The number of rotatable bonds is 5. The number of nitrogen functional groups attached to an aromatic ring is 1. The largest absolute Gasteiger partial charge is 0.416 e. The quantitative estimate of drug-likeness (QED) is 0.351. The van der Waals surface area contributed by atoms with Crippen molar-refractivity contribution in [3.8, 4) is 0 Å². The van der Waals surface area contributed by atoms with Crippen molar-refractivity contribution < 1.29 is 13.2 Å². The van der Waals surface area contributed by atoms with Crippen LogP contribution in [0.2, 0.25) is 0 Å². The van der Waals surface area contributed by atoms with Crippen molar-refractivity contribution in [1.82, 2.24) is 15.0 Å². The van der Waals surface area contributed by atoms with E-state index >= 15 is 0 Å². The van der Waals surface area contributed by atoms with Crippen LogP contribution in [-0.2, 0) is 6.18 Å². The number of halogens is 3. The lowest BCUT2D eigenvalue weighted by atomic mass is 10.0. The van der Waals surface area contributed by atoms with E-state index in [1.165, 1.54) is 6.07 Å². The van der Waals surface area contributed by atoms with Gasteiger partial charge in [0.1, 0.15) is 11.6 Å². The minimum Gasteiger partial charge on any atom is -0.399 e. The van der Waals surface area contributed by atoms with E-state index in [1.54, 1.807) is 20.0 Å². The number of hydrogen-bond acceptors (Lipinski definition) is 5. The predicted molar refractivity (Wildman–Crippen MR) is 125 cm³/mol. The van der Waals surface area contributed by atoms with E-state index < -0.39 is 17.8 Å². The van der Waals surface area contributed by atoms with E-state index in [4.69, 9.17) is 5.73 Å². The Morgan fingerprint density at radius 3 is 2.48 bits per heavy atom. The third-order valence-electron chi connectivity index (χ3n) is 5.12. The van der Waals surface area contributed by atoms with Crippen LogP contribution in [-0.4, -0.2) is 15.0 Å². The van der Waals surface area contributed by atoms with Crippen molar-refractivity contribution in [1.29, 1.82) is 0 Å². The Hall–Kier alpha value is -3.94. The van der Waals surface area contributed by atoms with Crippen molar-refractivity contribution in [2.75, 3.05) is 11.1 Å². The molecular weight excluding hydrogens is 427 g/mol. The average molecular weight is 449 g/mol. The molecule has 4 rings (SSSR count). The molecule has 2 heterocycles. The Balaban J connectivity index is 1.68. The molecular formula is C25H22F3N5. The van der Waals surface area contributed by atoms with Crippen LogP contribution in [0.3, 0.4) is 0 Å². The minimum absolute atomic E-state index is 0.0507. The van der Waals surface area contributed by atoms with Gasteiger partial charge in [-0.15, -0.1) is 0 Å². The minimum atomic E-state index is -4.48. The summed E-state index contributed by atoms with van der Waals surface area (Å²) >= 11 is 0. The van der Waals surface area contributed by atoms with Gasteiger partial charge in [-0.25, -0.2) is 9.97 Å². The fraction of sp³-hybridized carbons (Fsp3) is 0.160. The van der Waals surface area contributed by atoms with Gasteiger partial charge in [-0.05, 0) is 55.3 Å². The van der Waals surface area contributed by atoms with Gasteiger partial charge in [0.05, 0.1) is 29.0 Å². The molecule has 2 aromatic carbocycles. The summed E-state index contributed by atoms with van der Waals surface area (Å²) in [5.41, 5.74) is 7.79. The van der Waals surface area contributed by atoms with Crippen molar-refractivity contribution >= 4 is 34.6 Å². The number of anilines is 2. The standard InChI is InChI=1S/C25H22F3N5/c1-15(18-10-19(25(26,27)28)12-20(29)11-18)31-24-22-13-21(9-8-17-6-4-3-5-7-17)30-14-23(22)32-16(2)33-24/h3-15H,29H2,1-2H3,(H,31,32,33)/b9-8+. The summed E-state index contributed by atoms with van der Waals surface area (Å²) in [5, 5.41) is 3.94. The van der Waals surface area contributed by atoms with Crippen LogP contribution in [0.1, 0.15) is 41.2 Å². The molecule has 2 aromatic heterocycles. The molecule has 0 aliphatic carbocycles. The van der Waals surface area contributed by atoms with E-state index in [0.717, 1.165) is 23.1 Å². The zero-order valence-electron chi connectivity index (χ0n) is 18.1. The van der Waals surface area contributed by atoms with Gasteiger partial charge in [0.15, 0.2) is 0 Å². The third-order valence-corrected chi connectivity index (χ3v) is 5.12. The van der Waals surface area contributed by atoms with Crippen LogP contribution in [0.25, 0.3) is 23.1 Å². The van der Waals surface area contributed by atoms with Crippen molar-refractivity contribution in [2.45, 2.75) is 26.1 Å². The van der Waals surface area contributed by atoms with E-state index in [2.05, 4.69) is 20.3 Å². The molecule has 0 saturated heterocycles. The Labute approximate surface area is 189 Å². The number of pyridine rings is 1. The number of aromatic nitrogens is 3. The van der Waals surface area contributed by atoms with E-state index in [9.17, 15) is 13.2 Å². The number of nitrogens with one attached hydrogen (secondary N) is 1. The molecule has 0 amide bonds. The second-order valence-electron chi connectivity index (χ2n) is 7.74. The molecule has 33 heavy (non-hydrogen) atoms. The lowest BCUT2D eigenvalue weighted by Gasteiger charge is -2.19. The first-order chi connectivity index (χ1) is 15.7. The first kappa shape index (κ1) is 22.3. The number of hydrogen-bond donors (Lipinski definition) is 2. The van der Waals surface area contributed by atoms with Gasteiger partial charge in [-0.3, -0.25) is 4.98 Å². The van der Waals surface area contributed by atoms with Gasteiger partial charge in [0.2, 0.25) is 0 Å². The molecule has 0 aliphatic heterocycles. The molecule has 0 aliphatic rings. The monoisotopic (exact) mass is 449 g/mol. The fourth-order valence-corrected chi connectivity index (χ4v) is 3.49. The van der Waals surface area contributed by atoms with Crippen LogP contribution in [0.4, 0.5) is 24.7 Å². The zero-order valence-corrected chi connectivity index (χ0v) is 18.1. The summed E-state index contributed by atoms with van der Waals surface area (Å²) < 4.78 is 39.7. The second kappa shape index (κ2) is 8.90. The first-order valence-electron chi connectivity index (χ1n) is 10.3. The second-order valence-corrected chi connectivity index (χ2v) is 7.74. The molecule has 5 nitrogen and oxygen atoms in total. The van der Waals surface area contributed by atoms with Crippen molar-refractivity contribution in [3.63, 3.8) is 0 Å². The average Bonchev–Trinajstić information content (AvgIpc) is 2.77. The maximum absolute atomic E-state index is 13.2. The van der Waals surface area contributed by atoms with Crippen molar-refractivity contribution in [3.05, 3.63) is 89.0 Å². The van der Waals surface area contributed by atoms with Gasteiger partial charge in [0, 0.05) is 11.1 Å². The lowest BCUT2D eigenvalue weighted by molar-refractivity contribution is -0.137. The number of benzene rings is 2. The zero-order chi connectivity index (χ0) is 23.6. The highest BCUT2D eigenvalue weighted by Crippen LogP contribution is 2.34. The lowest BCUT2D eigenvalue weighted by Crippen LogP contribution is -2.13. The Kier molecular flexibility index (Phi) is 6.00. The fourth-order valence-electron chi connectivity index (χ4n) is 3.49. The number of nitrogens with zero attached hydrogens (tertiary/aromatic N) is 3. The molecule has 1 atom stereocenters. The molecule has 0 spiro atoms. The normalized spacial score (nSPS) is 12.9. The summed E-state index contributed by atoms with van der Waals surface area (Å²) in [6, 6.07) is 14.7. The molecule has 1 unspecified atom stereocenters. The van der Waals surface area contributed by atoms with E-state index in [1.807, 2.05) is 48.6 Å². The molecule has 4 aromatic rings. The first-order valence-corrected chi connectivity index (χ1v) is 10.3. The highest BCUT2D eigenvalue weighted by Gasteiger charge is 2.31. The number of nitrogens with two attached hydrogens (primary N) is 1. The number of fused-ring (bicyclic) bond motifs is 1. The summed E-state index contributed by atoms with van der Waals surface area (Å²) in [6.07, 6.45) is 1.01. The number of aryl methyl sites for hydroxylation is 1. The Morgan fingerprint density at radius 2 is 1.76 bits per heavy atom. The van der Waals surface area contributed by atoms with E-state index in [-0.39, 0.29) is 5.69 Å². The number of alkyl halides is 3. The molecule has 168 valence electrons. The highest BCUT2D eigenvalue weighted by atomic mass is 19.4. The molecule has 0 bridgehead atoms. The summed E-state index contributed by atoms with van der Waals surface area (Å²) in [5.74, 6) is 1.04. The van der Waals surface area contributed by atoms with Gasteiger partial charge in [0.25, 0.3) is 0 Å². The van der Waals surface area contributed by atoms with Crippen LogP contribution < -0.4 is 11.1 Å².